The van der Waals surface area contributed by atoms with Crippen LogP contribution >= 0.6 is 0 Å². The van der Waals surface area contributed by atoms with E-state index in [0.29, 0.717) is 11.2 Å². The number of aryl methyl sites for hydroxylation is 4. The summed E-state index contributed by atoms with van der Waals surface area (Å²) in [4.78, 5) is 4.35. The van der Waals surface area contributed by atoms with Crippen LogP contribution in [0.1, 0.15) is 33.4 Å². The highest BCUT2D eigenvalue weighted by atomic mass is 19.1. The Morgan fingerprint density at radius 3 is 1.05 bits per heavy atom. The highest BCUT2D eigenvalue weighted by Crippen LogP contribution is 2.44. The van der Waals surface area contributed by atoms with Crippen LogP contribution in [0.2, 0.25) is 0 Å². The van der Waals surface area contributed by atoms with Crippen molar-refractivity contribution in [3.05, 3.63) is 191 Å². The number of nitrogens with zero attached hydrogens (tertiary/aromatic N) is 2. The molecule has 6 heteroatoms. The molecule has 2 heterocycles. The Labute approximate surface area is 357 Å². The highest BCUT2D eigenvalue weighted by Gasteiger charge is 2.21. The van der Waals surface area contributed by atoms with E-state index in [1.165, 1.54) is 57.6 Å². The topological polar surface area (TPSA) is 32.8 Å². The second-order valence-corrected chi connectivity index (χ2v) is 16.8. The van der Waals surface area contributed by atoms with Crippen molar-refractivity contribution < 1.29 is 17.6 Å². The molecule has 0 aliphatic carbocycles. The van der Waals surface area contributed by atoms with E-state index in [9.17, 15) is 8.78 Å². The van der Waals surface area contributed by atoms with Crippen LogP contribution in [0.25, 0.3) is 65.4 Å². The van der Waals surface area contributed by atoms with Gasteiger partial charge in [0.15, 0.2) is 11.2 Å². The van der Waals surface area contributed by atoms with Crippen molar-refractivity contribution in [2.75, 3.05) is 9.80 Å². The molecule has 62 heavy (non-hydrogen) atoms. The lowest BCUT2D eigenvalue weighted by atomic mass is 10.0. The molecule has 302 valence electrons. The maximum Gasteiger partial charge on any atom is 0.178 e. The SMILES string of the molecule is Cc1cc(N(c2ccc(F)cc2)c2ccc3cc4c(cc3c2)oc2c4ccc3c4cc5ccc(N(c6ccc(F)cc6)c6cc(C)c(C)c(C)c6)cc5cc4oc32)cc(C)c1C. The third-order valence-electron chi connectivity index (χ3n) is 13.0. The highest BCUT2D eigenvalue weighted by molar-refractivity contribution is 6.21. The van der Waals surface area contributed by atoms with E-state index in [-0.39, 0.29) is 11.6 Å². The maximum absolute atomic E-state index is 14.1. The summed E-state index contributed by atoms with van der Waals surface area (Å²) in [6, 6.07) is 47.8. The quantitative estimate of drug-likeness (QED) is 0.167. The zero-order chi connectivity index (χ0) is 42.6. The van der Waals surface area contributed by atoms with Crippen molar-refractivity contribution in [1.29, 1.82) is 0 Å². The lowest BCUT2D eigenvalue weighted by Gasteiger charge is -2.27. The number of halogens is 2. The first-order valence-corrected chi connectivity index (χ1v) is 20.9. The third kappa shape index (κ3) is 6.08. The average Bonchev–Trinajstić information content (AvgIpc) is 3.81. The van der Waals surface area contributed by atoms with E-state index in [1.54, 1.807) is 0 Å². The Kier molecular flexibility index (Phi) is 8.52. The van der Waals surface area contributed by atoms with Crippen molar-refractivity contribution in [3.63, 3.8) is 0 Å². The Bertz CT molecular complexity index is 3330. The number of benzene rings is 9. The molecule has 0 aliphatic rings. The van der Waals surface area contributed by atoms with Crippen LogP contribution in [0.4, 0.5) is 42.9 Å². The molecule has 0 amide bonds. The van der Waals surface area contributed by atoms with Gasteiger partial charge in [0, 0.05) is 55.7 Å². The van der Waals surface area contributed by atoms with Crippen LogP contribution in [-0.4, -0.2) is 0 Å². The number of hydrogen-bond acceptors (Lipinski definition) is 4. The van der Waals surface area contributed by atoms with Crippen LogP contribution in [-0.2, 0) is 0 Å². The van der Waals surface area contributed by atoms with E-state index in [0.717, 1.165) is 88.4 Å². The molecule has 0 bridgehead atoms. The normalized spacial score (nSPS) is 11.9. The van der Waals surface area contributed by atoms with Gasteiger partial charge in [-0.2, -0.15) is 0 Å². The summed E-state index contributed by atoms with van der Waals surface area (Å²) in [6.07, 6.45) is 0. The summed E-state index contributed by atoms with van der Waals surface area (Å²) in [6.45, 7) is 12.8. The van der Waals surface area contributed by atoms with Crippen molar-refractivity contribution in [2.24, 2.45) is 0 Å². The standard InChI is InChI=1S/C56H42F2N2O2/c1-31-21-47(22-32(2)35(31)5)59(43-15-9-41(57)10-16-43)45-13-7-37-27-51-49-19-20-50-52-28-38-8-14-46(26-40(38)30-54(52)62-56(50)55(49)61-53(51)29-39(37)25-45)60(44-17-11-42(58)12-18-44)48-23-33(3)36(6)34(4)24-48/h7-30H,1-6H3. The number of anilines is 6. The second-order valence-electron chi connectivity index (χ2n) is 16.8. The molecule has 2 aromatic heterocycles. The summed E-state index contributed by atoms with van der Waals surface area (Å²) < 4.78 is 41.8. The molecule has 0 saturated heterocycles. The van der Waals surface area contributed by atoms with Gasteiger partial charge >= 0.3 is 0 Å². The lowest BCUT2D eigenvalue weighted by molar-refractivity contribution is 0.627. The molecule has 11 aromatic rings. The summed E-state index contributed by atoms with van der Waals surface area (Å²) in [5.41, 5.74) is 15.9. The first kappa shape index (κ1) is 37.6. The molecule has 0 unspecified atom stereocenters. The maximum atomic E-state index is 14.1. The first-order valence-electron chi connectivity index (χ1n) is 20.9. The molecule has 11 rings (SSSR count). The van der Waals surface area contributed by atoms with E-state index in [2.05, 4.69) is 148 Å². The predicted molar refractivity (Wildman–Crippen MR) is 254 cm³/mol. The van der Waals surface area contributed by atoms with Crippen molar-refractivity contribution in [3.8, 4) is 0 Å². The van der Waals surface area contributed by atoms with Gasteiger partial charge in [0.25, 0.3) is 0 Å². The van der Waals surface area contributed by atoms with Gasteiger partial charge in [-0.15, -0.1) is 0 Å². The average molecular weight is 813 g/mol. The van der Waals surface area contributed by atoms with Gasteiger partial charge in [0.1, 0.15) is 22.8 Å². The molecular weight excluding hydrogens is 771 g/mol. The van der Waals surface area contributed by atoms with Crippen LogP contribution in [0.3, 0.4) is 0 Å². The van der Waals surface area contributed by atoms with E-state index >= 15 is 0 Å². The minimum atomic E-state index is -0.273. The van der Waals surface area contributed by atoms with E-state index < -0.39 is 0 Å². The molecule has 0 radical (unpaired) electrons. The Morgan fingerprint density at radius 2 is 0.677 bits per heavy atom. The summed E-state index contributed by atoms with van der Waals surface area (Å²) in [5.74, 6) is -0.545. The van der Waals surface area contributed by atoms with Gasteiger partial charge in [-0.05, 0) is 230 Å². The minimum absolute atomic E-state index is 0.273. The smallest absolute Gasteiger partial charge is 0.178 e. The monoisotopic (exact) mass is 812 g/mol. The first-order chi connectivity index (χ1) is 30.0. The minimum Gasteiger partial charge on any atom is -0.452 e. The molecule has 0 aliphatic heterocycles. The Balaban J connectivity index is 1.03. The van der Waals surface area contributed by atoms with Crippen molar-refractivity contribution >= 4 is 99.5 Å². The molecule has 0 spiro atoms. The summed E-state index contributed by atoms with van der Waals surface area (Å²) >= 11 is 0. The fraction of sp³-hybridized carbons (Fsp3) is 0.107. The zero-order valence-corrected chi connectivity index (χ0v) is 35.3. The van der Waals surface area contributed by atoms with E-state index in [4.69, 9.17) is 8.83 Å². The van der Waals surface area contributed by atoms with Crippen LogP contribution in [0, 0.1) is 53.2 Å². The van der Waals surface area contributed by atoms with Crippen LogP contribution < -0.4 is 9.80 Å². The van der Waals surface area contributed by atoms with E-state index in [1.807, 2.05) is 24.3 Å². The lowest BCUT2D eigenvalue weighted by Crippen LogP contribution is -2.11. The molecule has 0 atom stereocenters. The molecule has 4 nitrogen and oxygen atoms in total. The van der Waals surface area contributed by atoms with Crippen LogP contribution in [0.15, 0.2) is 154 Å². The van der Waals surface area contributed by atoms with Gasteiger partial charge in [-0.3, -0.25) is 0 Å². The van der Waals surface area contributed by atoms with Gasteiger partial charge in [0.2, 0.25) is 0 Å². The van der Waals surface area contributed by atoms with Gasteiger partial charge in [-0.25, -0.2) is 8.78 Å². The number of hydrogen-bond donors (Lipinski definition) is 0. The predicted octanol–water partition coefficient (Wildman–Crippen LogP) is 16.9. The molecule has 0 saturated carbocycles. The van der Waals surface area contributed by atoms with Gasteiger partial charge < -0.3 is 18.6 Å². The summed E-state index contributed by atoms with van der Waals surface area (Å²) in [7, 11) is 0. The molecular formula is C56H42F2N2O2. The van der Waals surface area contributed by atoms with Crippen molar-refractivity contribution in [2.45, 2.75) is 41.5 Å². The zero-order valence-electron chi connectivity index (χ0n) is 35.3. The molecule has 9 aromatic carbocycles. The van der Waals surface area contributed by atoms with Crippen LogP contribution in [0.5, 0.6) is 0 Å². The molecule has 0 N–H and O–H groups in total. The van der Waals surface area contributed by atoms with Crippen molar-refractivity contribution in [1.82, 2.24) is 0 Å². The number of fused-ring (bicyclic) bond motifs is 9. The fourth-order valence-corrected chi connectivity index (χ4v) is 9.16. The Morgan fingerprint density at radius 1 is 0.323 bits per heavy atom. The third-order valence-corrected chi connectivity index (χ3v) is 13.0. The fourth-order valence-electron chi connectivity index (χ4n) is 9.16. The largest absolute Gasteiger partial charge is 0.452 e. The van der Waals surface area contributed by atoms with Gasteiger partial charge in [-0.1, -0.05) is 12.1 Å². The Hall–Kier alpha value is -7.44. The second kappa shape index (κ2) is 14.1. The summed E-state index contributed by atoms with van der Waals surface area (Å²) in [5, 5.41) is 8.21. The number of rotatable bonds is 6. The van der Waals surface area contributed by atoms with Gasteiger partial charge in [0.05, 0.1) is 0 Å². The molecule has 0 fully saturated rings. The number of furan rings is 2.